The van der Waals surface area contributed by atoms with Gasteiger partial charge in [0.05, 0.1) is 54.4 Å². The van der Waals surface area contributed by atoms with Crippen LogP contribution in [0.5, 0.6) is 0 Å². The highest BCUT2D eigenvalue weighted by Crippen LogP contribution is 2.44. The van der Waals surface area contributed by atoms with Crippen LogP contribution in [0.2, 0.25) is 0 Å². The molecular weight excluding hydrogens is 649 g/mol. The molecule has 4 unspecified atom stereocenters. The van der Waals surface area contributed by atoms with Crippen LogP contribution in [0, 0.1) is 0 Å². The molecule has 9 heterocycles. The van der Waals surface area contributed by atoms with Gasteiger partial charge in [0.15, 0.2) is 0 Å². The largest absolute Gasteiger partial charge is 0.346 e. The van der Waals surface area contributed by atoms with Crippen LogP contribution in [0.4, 0.5) is 22.7 Å². The lowest BCUT2D eigenvalue weighted by atomic mass is 10.2. The van der Waals surface area contributed by atoms with Crippen LogP contribution in [0.3, 0.4) is 0 Å². The lowest BCUT2D eigenvalue weighted by molar-refractivity contribution is 0.119. The average Bonchev–Trinajstić information content (AvgIpc) is 3.96. The van der Waals surface area contributed by atoms with Crippen LogP contribution in [0.15, 0.2) is 73.4 Å². The fourth-order valence-corrected chi connectivity index (χ4v) is 8.78. The molecule has 9 rings (SSSR count). The van der Waals surface area contributed by atoms with Gasteiger partial charge in [-0.05, 0) is 72.9 Å². The minimum atomic E-state index is 0.463. The molecule has 3 aromatic heterocycles. The summed E-state index contributed by atoms with van der Waals surface area (Å²) >= 11 is 0. The van der Waals surface area contributed by atoms with Gasteiger partial charge in [-0.3, -0.25) is 0 Å². The Morgan fingerprint density at radius 2 is 0.692 bits per heavy atom. The molecule has 0 radical (unpaired) electrons. The Hall–Kier alpha value is -4.76. The van der Waals surface area contributed by atoms with Crippen molar-refractivity contribution in [3.63, 3.8) is 0 Å². The predicted octanol–water partition coefficient (Wildman–Crippen LogP) is 5.90. The van der Waals surface area contributed by atoms with E-state index in [1.807, 2.05) is 0 Å². The summed E-state index contributed by atoms with van der Waals surface area (Å²) in [5, 5.41) is 9.34. The summed E-state index contributed by atoms with van der Waals surface area (Å²) in [5.74, 6) is 0. The van der Waals surface area contributed by atoms with E-state index >= 15 is 0 Å². The minimum absolute atomic E-state index is 0.463. The average molecular weight is 699 g/mol. The van der Waals surface area contributed by atoms with Gasteiger partial charge in [0.1, 0.15) is 69.6 Å². The molecule has 0 aliphatic carbocycles. The van der Waals surface area contributed by atoms with Crippen LogP contribution in [0.1, 0.15) is 22.8 Å². The number of H-pyrrole nitrogens is 2. The number of aromatic amines is 2. The maximum Gasteiger partial charge on any atom is 0.208 e. The number of nitrogens with one attached hydrogen (secondary N) is 2. The maximum atomic E-state index is 5.52. The molecule has 12 heteroatoms. The molecule has 6 aliphatic heterocycles. The van der Waals surface area contributed by atoms with Crippen molar-refractivity contribution in [2.45, 2.75) is 0 Å². The van der Waals surface area contributed by atoms with Gasteiger partial charge in [-0.15, -0.1) is 20.0 Å². The van der Waals surface area contributed by atoms with Crippen molar-refractivity contribution in [1.29, 1.82) is 0 Å². The van der Waals surface area contributed by atoms with Crippen molar-refractivity contribution < 1.29 is 0 Å². The molecule has 8 bridgehead atoms. The van der Waals surface area contributed by atoms with Gasteiger partial charge >= 0.3 is 0 Å². The third kappa shape index (κ3) is 4.57. The molecule has 52 heavy (non-hydrogen) atoms. The van der Waals surface area contributed by atoms with E-state index in [9.17, 15) is 0 Å². The van der Waals surface area contributed by atoms with Crippen LogP contribution in [0.25, 0.3) is 46.4 Å². The minimum Gasteiger partial charge on any atom is -0.346 e. The van der Waals surface area contributed by atoms with Crippen molar-refractivity contribution in [3.05, 3.63) is 96.1 Å². The zero-order valence-corrected chi connectivity index (χ0v) is 31.5. The summed E-state index contributed by atoms with van der Waals surface area (Å²) in [5.41, 5.74) is 12.1. The van der Waals surface area contributed by atoms with E-state index in [0.29, 0.717) is 18.4 Å². The van der Waals surface area contributed by atoms with E-state index in [0.717, 1.165) is 93.8 Å². The number of hydrogen-bond acceptors (Lipinski definition) is 6. The van der Waals surface area contributed by atoms with Crippen LogP contribution >= 0.6 is 0 Å². The van der Waals surface area contributed by atoms with Crippen molar-refractivity contribution in [1.82, 2.24) is 58.3 Å². The number of hydrogen-bond donors (Lipinski definition) is 2. The first-order chi connectivity index (χ1) is 24.9. The fraction of sp³-hybridized carbons (Fsp3) is 0.300. The van der Waals surface area contributed by atoms with E-state index in [1.165, 1.54) is 0 Å². The first-order valence-electron chi connectivity index (χ1n) is 18.1. The molecule has 0 aromatic carbocycles. The highest BCUT2D eigenvalue weighted by Gasteiger charge is 2.43. The van der Waals surface area contributed by atoms with Gasteiger partial charge in [-0.2, -0.15) is 18.4 Å². The Kier molecular flexibility index (Phi) is 7.24. The van der Waals surface area contributed by atoms with Gasteiger partial charge in [0, 0.05) is 28.2 Å². The van der Waals surface area contributed by atoms with E-state index in [1.54, 1.807) is 0 Å². The first-order valence-corrected chi connectivity index (χ1v) is 18.1. The monoisotopic (exact) mass is 698 g/mol. The van der Waals surface area contributed by atoms with Gasteiger partial charge in [-0.1, -0.05) is 0 Å². The van der Waals surface area contributed by atoms with Gasteiger partial charge < -0.3 is 9.97 Å². The van der Waals surface area contributed by atoms with E-state index in [2.05, 4.69) is 184 Å². The SMILES string of the molecule is CN1CC=C[N+]1(C)c1c2nc(c([N+]3(C)C=CCN3C)c3ccc([nH]3)c([N+]3(C)C=CCN3C)c3ccc([nH]3)c([N+]3(C)C=CCN3C)c3nc1C=C3)C=C2. The molecule has 6 aliphatic rings. The smallest absolute Gasteiger partial charge is 0.208 e. The third-order valence-corrected chi connectivity index (χ3v) is 12.4. The molecule has 2 N–H and O–H groups in total. The van der Waals surface area contributed by atoms with Crippen molar-refractivity contribution in [2.24, 2.45) is 0 Å². The normalized spacial score (nSPS) is 30.3. The Balaban J connectivity index is 1.49. The Bertz CT molecular complexity index is 2240. The lowest BCUT2D eigenvalue weighted by Gasteiger charge is -2.34. The lowest BCUT2D eigenvalue weighted by Crippen LogP contribution is -2.50. The Morgan fingerprint density at radius 3 is 1.00 bits per heavy atom. The third-order valence-electron chi connectivity index (χ3n) is 12.4. The molecule has 266 valence electrons. The number of quaternary nitrogens is 4. The molecular formula is C40H50N12+4. The highest BCUT2D eigenvalue weighted by molar-refractivity contribution is 5.96. The summed E-state index contributed by atoms with van der Waals surface area (Å²) < 4.78 is 1.95. The Morgan fingerprint density at radius 1 is 0.423 bits per heavy atom. The molecule has 12 nitrogen and oxygen atoms in total. The topological polar surface area (TPSA) is 70.3 Å². The van der Waals surface area contributed by atoms with Gasteiger partial charge in [-0.25, -0.2) is 9.97 Å². The number of rotatable bonds is 4. The van der Waals surface area contributed by atoms with E-state index in [4.69, 9.17) is 9.97 Å². The van der Waals surface area contributed by atoms with Crippen molar-refractivity contribution in [2.75, 3.05) is 82.6 Å². The number of aromatic nitrogens is 4. The van der Waals surface area contributed by atoms with E-state index < -0.39 is 0 Å². The second kappa shape index (κ2) is 11.4. The van der Waals surface area contributed by atoms with E-state index in [-0.39, 0.29) is 0 Å². The standard InChI is InChI=1S/C40H50N12/c1-45-21-9-25-49(45,5)37-29-13-15-31(41-29)38(50(6)26-10-22-46(50)2)33-17-19-35(43-33)40(52(8)28-12-24-48(52)4)36-20-18-34(44-36)39(32-16-14-30(37)42-32)51(7)27-11-23-47(51)3/h9-20,25-28,41-42H,21-24H2,1-8H3/q+4. The highest BCUT2D eigenvalue weighted by atomic mass is 15.8. The predicted molar refractivity (Wildman–Crippen MR) is 217 cm³/mol. The molecule has 0 spiro atoms. The Labute approximate surface area is 305 Å². The molecule has 3 aromatic rings. The second-order valence-electron chi connectivity index (χ2n) is 15.4. The fourth-order valence-electron chi connectivity index (χ4n) is 8.78. The van der Waals surface area contributed by atoms with Gasteiger partial charge in [0.25, 0.3) is 0 Å². The van der Waals surface area contributed by atoms with Crippen LogP contribution in [-0.2, 0) is 0 Å². The van der Waals surface area contributed by atoms with Crippen LogP contribution in [-0.4, -0.2) is 123 Å². The molecule has 0 amide bonds. The number of likely N-dealkylation sites (N-methyl/N-ethyl adjacent to an activating group) is 4. The van der Waals surface area contributed by atoms with Crippen molar-refractivity contribution >= 4 is 69.1 Å². The maximum absolute atomic E-state index is 5.52. The summed E-state index contributed by atoms with van der Waals surface area (Å²) in [6, 6.07) is 8.92. The number of fused-ring (bicyclic) bond motifs is 8. The molecule has 4 atom stereocenters. The molecule has 0 saturated heterocycles. The summed E-state index contributed by atoms with van der Waals surface area (Å²) in [7, 11) is 17.6. The van der Waals surface area contributed by atoms with Crippen LogP contribution < -0.4 is 18.4 Å². The summed E-state index contributed by atoms with van der Waals surface area (Å²) in [4.78, 5) is 18.9. The second-order valence-corrected chi connectivity index (χ2v) is 15.4. The number of nitrogens with zero attached hydrogens (tertiary/aromatic N) is 10. The zero-order chi connectivity index (χ0) is 36.2. The molecule has 0 saturated carbocycles. The van der Waals surface area contributed by atoms with Crippen molar-refractivity contribution in [3.8, 4) is 0 Å². The molecule has 0 fully saturated rings. The summed E-state index contributed by atoms with van der Waals surface area (Å²) in [6.07, 6.45) is 26.7. The first kappa shape index (κ1) is 33.1. The van der Waals surface area contributed by atoms with Gasteiger partial charge in [0.2, 0.25) is 22.7 Å². The summed E-state index contributed by atoms with van der Waals surface area (Å²) in [6.45, 7) is 3.38. The quantitative estimate of drug-likeness (QED) is 0.228. The zero-order valence-electron chi connectivity index (χ0n) is 31.5.